The molecule has 0 radical (unpaired) electrons. The monoisotopic (exact) mass is 696 g/mol. The molecule has 0 fully saturated rings. The quantitative estimate of drug-likeness (QED) is 0.168. The van der Waals surface area contributed by atoms with Crippen molar-refractivity contribution in [1.29, 1.82) is 0 Å². The maximum absolute atomic E-state index is 6.63. The lowest BCUT2D eigenvalue weighted by Gasteiger charge is -2.12. The maximum Gasteiger partial charge on any atom is 0.136 e. The molecule has 12 rings (SSSR count). The van der Waals surface area contributed by atoms with Crippen molar-refractivity contribution in [2.45, 2.75) is 0 Å². The van der Waals surface area contributed by atoms with Crippen molar-refractivity contribution in [2.24, 2.45) is 0 Å². The van der Waals surface area contributed by atoms with E-state index in [0.717, 1.165) is 33.1 Å². The standard InChI is InChI=1S/C54H32O/c1-2-10-41-38(9-1)30-51(46-15-7-3-11-42(41)46)39-23-26-50-49-25-22-37(31-53(49)55-54(50)32-39)35-20-18-33-17-19-34(27-40(33)28-35)36-21-24-48-45-14-5-4-12-43(45)44-13-6-8-16-47(44)52(48)29-36/h1-32H. The first-order valence-electron chi connectivity index (χ1n) is 19.0. The van der Waals surface area contributed by atoms with E-state index in [1.165, 1.54) is 86.9 Å². The van der Waals surface area contributed by atoms with E-state index >= 15 is 0 Å². The molecular formula is C54H32O. The third kappa shape index (κ3) is 4.67. The van der Waals surface area contributed by atoms with Gasteiger partial charge in [-0.3, -0.25) is 0 Å². The van der Waals surface area contributed by atoms with Crippen LogP contribution in [-0.2, 0) is 0 Å². The molecule has 1 nitrogen and oxygen atoms in total. The summed E-state index contributed by atoms with van der Waals surface area (Å²) in [5.74, 6) is 0. The van der Waals surface area contributed by atoms with Gasteiger partial charge >= 0.3 is 0 Å². The molecule has 0 aliphatic rings. The van der Waals surface area contributed by atoms with Crippen molar-refractivity contribution < 1.29 is 4.42 Å². The Bertz CT molecular complexity index is 3510. The largest absolute Gasteiger partial charge is 0.456 e. The van der Waals surface area contributed by atoms with Crippen molar-refractivity contribution in [1.82, 2.24) is 0 Å². The molecule has 0 saturated carbocycles. The van der Waals surface area contributed by atoms with Crippen LogP contribution in [0, 0.1) is 0 Å². The summed E-state index contributed by atoms with van der Waals surface area (Å²) in [6, 6.07) is 71.1. The van der Waals surface area contributed by atoms with E-state index in [-0.39, 0.29) is 0 Å². The van der Waals surface area contributed by atoms with Gasteiger partial charge in [-0.2, -0.15) is 0 Å². The second-order valence-electron chi connectivity index (χ2n) is 14.8. The second-order valence-corrected chi connectivity index (χ2v) is 14.8. The van der Waals surface area contributed by atoms with Crippen molar-refractivity contribution in [3.05, 3.63) is 194 Å². The predicted octanol–water partition coefficient (Wildman–Crippen LogP) is 15.5. The summed E-state index contributed by atoms with van der Waals surface area (Å²) in [6.45, 7) is 0. The molecule has 0 unspecified atom stereocenters. The van der Waals surface area contributed by atoms with Crippen LogP contribution in [0.1, 0.15) is 0 Å². The summed E-state index contributed by atoms with van der Waals surface area (Å²) in [7, 11) is 0. The number of furan rings is 1. The van der Waals surface area contributed by atoms with Crippen molar-refractivity contribution >= 4 is 86.6 Å². The number of rotatable bonds is 3. The molecule has 1 heteroatoms. The van der Waals surface area contributed by atoms with E-state index in [9.17, 15) is 0 Å². The Morgan fingerprint density at radius 2 is 0.636 bits per heavy atom. The molecule has 55 heavy (non-hydrogen) atoms. The number of hydrogen-bond acceptors (Lipinski definition) is 1. The Labute approximate surface area is 317 Å². The number of fused-ring (bicyclic) bond motifs is 13. The van der Waals surface area contributed by atoms with Crippen molar-refractivity contribution in [3.63, 3.8) is 0 Å². The van der Waals surface area contributed by atoms with Gasteiger partial charge in [0.05, 0.1) is 0 Å². The van der Waals surface area contributed by atoms with Crippen LogP contribution in [-0.4, -0.2) is 0 Å². The maximum atomic E-state index is 6.63. The highest BCUT2D eigenvalue weighted by Gasteiger charge is 2.14. The molecule has 0 saturated heterocycles. The Morgan fingerprint density at radius 3 is 1.27 bits per heavy atom. The topological polar surface area (TPSA) is 13.1 Å². The molecule has 254 valence electrons. The zero-order valence-corrected chi connectivity index (χ0v) is 29.9. The third-order valence-corrected chi connectivity index (χ3v) is 11.8. The van der Waals surface area contributed by atoms with E-state index in [1.54, 1.807) is 0 Å². The van der Waals surface area contributed by atoms with Crippen LogP contribution >= 0.6 is 0 Å². The lowest BCUT2D eigenvalue weighted by molar-refractivity contribution is 0.669. The molecule has 0 spiro atoms. The van der Waals surface area contributed by atoms with Crippen LogP contribution in [0.5, 0.6) is 0 Å². The molecule has 1 aromatic heterocycles. The molecule has 0 bridgehead atoms. The average molecular weight is 697 g/mol. The van der Waals surface area contributed by atoms with Crippen molar-refractivity contribution in [3.8, 4) is 33.4 Å². The summed E-state index contributed by atoms with van der Waals surface area (Å²) in [5.41, 5.74) is 8.94. The molecule has 0 amide bonds. The molecule has 11 aromatic carbocycles. The minimum absolute atomic E-state index is 0.901. The lowest BCUT2D eigenvalue weighted by Crippen LogP contribution is -1.85. The van der Waals surface area contributed by atoms with Crippen LogP contribution in [0.2, 0.25) is 0 Å². The van der Waals surface area contributed by atoms with Gasteiger partial charge in [0, 0.05) is 10.8 Å². The molecule has 0 N–H and O–H groups in total. The number of benzene rings is 11. The SMILES string of the molecule is c1ccc2c(c1)cc(-c1ccc3c(c1)oc1cc(-c4ccc5ccc(-c6ccc7c8ccccc8c8ccccc8c7c6)cc5c4)ccc13)c1ccccc12. The van der Waals surface area contributed by atoms with Gasteiger partial charge in [-0.1, -0.05) is 146 Å². The Kier molecular flexibility index (Phi) is 6.40. The molecule has 0 atom stereocenters. The summed E-state index contributed by atoms with van der Waals surface area (Å²) < 4.78 is 6.63. The summed E-state index contributed by atoms with van der Waals surface area (Å²) in [6.07, 6.45) is 0. The second kappa shape index (κ2) is 11.6. The third-order valence-electron chi connectivity index (χ3n) is 11.8. The van der Waals surface area contributed by atoms with E-state index in [4.69, 9.17) is 4.42 Å². The van der Waals surface area contributed by atoms with Gasteiger partial charge in [-0.15, -0.1) is 0 Å². The van der Waals surface area contributed by atoms with E-state index < -0.39 is 0 Å². The van der Waals surface area contributed by atoms with Gasteiger partial charge in [0.15, 0.2) is 0 Å². The van der Waals surface area contributed by atoms with Crippen molar-refractivity contribution in [2.75, 3.05) is 0 Å². The highest BCUT2D eigenvalue weighted by atomic mass is 16.3. The zero-order chi connectivity index (χ0) is 36.0. The lowest BCUT2D eigenvalue weighted by atomic mass is 9.91. The highest BCUT2D eigenvalue weighted by Crippen LogP contribution is 2.40. The van der Waals surface area contributed by atoms with Crippen LogP contribution < -0.4 is 0 Å². The predicted molar refractivity (Wildman–Crippen MR) is 235 cm³/mol. The smallest absolute Gasteiger partial charge is 0.136 e. The highest BCUT2D eigenvalue weighted by molar-refractivity contribution is 6.26. The number of hydrogen-bond donors (Lipinski definition) is 0. The van der Waals surface area contributed by atoms with Gasteiger partial charge in [-0.25, -0.2) is 0 Å². The first kappa shape index (κ1) is 30.3. The van der Waals surface area contributed by atoms with E-state index in [1.807, 2.05) is 0 Å². The fourth-order valence-electron chi connectivity index (χ4n) is 9.11. The van der Waals surface area contributed by atoms with Crippen LogP contribution in [0.4, 0.5) is 0 Å². The van der Waals surface area contributed by atoms with Gasteiger partial charge in [0.1, 0.15) is 11.2 Å². The average Bonchev–Trinajstić information content (AvgIpc) is 3.63. The van der Waals surface area contributed by atoms with Crippen LogP contribution in [0.25, 0.3) is 120 Å². The van der Waals surface area contributed by atoms with Gasteiger partial charge < -0.3 is 4.42 Å². The summed E-state index contributed by atoms with van der Waals surface area (Å²) in [5, 5.41) is 17.5. The van der Waals surface area contributed by atoms with Crippen LogP contribution in [0.3, 0.4) is 0 Å². The Morgan fingerprint density at radius 1 is 0.218 bits per heavy atom. The van der Waals surface area contributed by atoms with E-state index in [2.05, 4.69) is 194 Å². The van der Waals surface area contributed by atoms with Gasteiger partial charge in [0.2, 0.25) is 0 Å². The fraction of sp³-hybridized carbons (Fsp3) is 0. The molecule has 0 aliphatic carbocycles. The minimum atomic E-state index is 0.901. The molecule has 12 aromatic rings. The van der Waals surface area contributed by atoms with Crippen LogP contribution in [0.15, 0.2) is 199 Å². The summed E-state index contributed by atoms with van der Waals surface area (Å²) in [4.78, 5) is 0. The fourth-order valence-corrected chi connectivity index (χ4v) is 9.11. The Hall–Kier alpha value is -7.22. The normalized spacial score (nSPS) is 12.0. The Balaban J connectivity index is 0.938. The molecule has 0 aliphatic heterocycles. The van der Waals surface area contributed by atoms with Gasteiger partial charge in [0.25, 0.3) is 0 Å². The summed E-state index contributed by atoms with van der Waals surface area (Å²) >= 11 is 0. The molecular weight excluding hydrogens is 665 g/mol. The zero-order valence-electron chi connectivity index (χ0n) is 29.9. The van der Waals surface area contributed by atoms with Gasteiger partial charge in [-0.05, 0) is 147 Å². The first-order valence-corrected chi connectivity index (χ1v) is 19.0. The minimum Gasteiger partial charge on any atom is -0.456 e. The first-order chi connectivity index (χ1) is 27.2. The molecule has 1 heterocycles. The van der Waals surface area contributed by atoms with E-state index in [0.29, 0.717) is 0 Å².